The lowest BCUT2D eigenvalue weighted by atomic mass is 9.91. The fourth-order valence-electron chi connectivity index (χ4n) is 2.89. The van der Waals surface area contributed by atoms with Gasteiger partial charge in [-0.2, -0.15) is 0 Å². The summed E-state index contributed by atoms with van der Waals surface area (Å²) in [6.07, 6.45) is 2.84. The quantitative estimate of drug-likeness (QED) is 0.716. The van der Waals surface area contributed by atoms with Gasteiger partial charge in [-0.3, -0.25) is 4.90 Å². The Hall–Kier alpha value is -0.120. The first kappa shape index (κ1) is 13.3. The van der Waals surface area contributed by atoms with Crippen LogP contribution in [0.3, 0.4) is 0 Å². The molecule has 0 spiro atoms. The molecule has 1 heterocycles. The summed E-state index contributed by atoms with van der Waals surface area (Å²) in [5.74, 6) is 1.56. The van der Waals surface area contributed by atoms with E-state index >= 15 is 0 Å². The molecule has 3 nitrogen and oxygen atoms in total. The summed E-state index contributed by atoms with van der Waals surface area (Å²) in [6, 6.07) is 0. The molecule has 1 N–H and O–H groups in total. The lowest BCUT2D eigenvalue weighted by Crippen LogP contribution is -2.61. The number of nitrogens with one attached hydrogen (secondary N) is 1. The van der Waals surface area contributed by atoms with E-state index < -0.39 is 0 Å². The Labute approximate surface area is 106 Å². The zero-order chi connectivity index (χ0) is 12.3. The molecule has 1 atom stereocenters. The number of rotatable bonds is 6. The Morgan fingerprint density at radius 1 is 1.41 bits per heavy atom. The van der Waals surface area contributed by atoms with Gasteiger partial charge in [-0.1, -0.05) is 13.8 Å². The van der Waals surface area contributed by atoms with Crippen molar-refractivity contribution < 1.29 is 4.74 Å². The molecule has 1 aliphatic carbocycles. The standard InChI is InChI=1S/C14H28N2O/c1-12(2)10-17-9-8-16-7-6-15-11-14(16,3)13-4-5-13/h12-13,15H,4-11H2,1-3H3. The molecular formula is C14H28N2O. The third-order valence-corrected chi connectivity index (χ3v) is 4.18. The minimum absolute atomic E-state index is 0.388. The largest absolute Gasteiger partial charge is 0.380 e. The van der Waals surface area contributed by atoms with Crippen LogP contribution in [0, 0.1) is 11.8 Å². The van der Waals surface area contributed by atoms with Gasteiger partial charge in [0.15, 0.2) is 0 Å². The third kappa shape index (κ3) is 3.43. The van der Waals surface area contributed by atoms with Crippen LogP contribution in [0.25, 0.3) is 0 Å². The van der Waals surface area contributed by atoms with Crippen LogP contribution >= 0.6 is 0 Å². The Bertz CT molecular complexity index is 240. The van der Waals surface area contributed by atoms with Gasteiger partial charge in [-0.05, 0) is 31.6 Å². The monoisotopic (exact) mass is 240 g/mol. The van der Waals surface area contributed by atoms with Crippen LogP contribution in [-0.2, 0) is 4.74 Å². The average molecular weight is 240 g/mol. The molecule has 1 unspecified atom stereocenters. The van der Waals surface area contributed by atoms with Crippen molar-refractivity contribution in [2.45, 2.75) is 39.2 Å². The number of hydrogen-bond acceptors (Lipinski definition) is 3. The highest BCUT2D eigenvalue weighted by atomic mass is 16.5. The molecule has 0 aromatic carbocycles. The van der Waals surface area contributed by atoms with Crippen molar-refractivity contribution >= 4 is 0 Å². The molecule has 0 aromatic heterocycles. The molecule has 100 valence electrons. The second-order valence-electron chi connectivity index (χ2n) is 6.26. The number of ether oxygens (including phenoxy) is 1. The molecule has 2 rings (SSSR count). The van der Waals surface area contributed by atoms with E-state index in [1.54, 1.807) is 0 Å². The van der Waals surface area contributed by atoms with Crippen molar-refractivity contribution in [1.29, 1.82) is 0 Å². The molecule has 0 bridgehead atoms. The fourth-order valence-corrected chi connectivity index (χ4v) is 2.89. The van der Waals surface area contributed by atoms with Crippen molar-refractivity contribution in [3.05, 3.63) is 0 Å². The van der Waals surface area contributed by atoms with Gasteiger partial charge in [-0.15, -0.1) is 0 Å². The molecule has 3 heteroatoms. The van der Waals surface area contributed by atoms with Gasteiger partial charge in [0.2, 0.25) is 0 Å². The van der Waals surface area contributed by atoms with Crippen molar-refractivity contribution in [1.82, 2.24) is 10.2 Å². The molecule has 1 saturated heterocycles. The normalized spacial score (nSPS) is 31.1. The predicted octanol–water partition coefficient (Wildman–Crippen LogP) is 1.73. The molecule has 2 aliphatic rings. The maximum atomic E-state index is 5.73. The predicted molar refractivity (Wildman–Crippen MR) is 71.2 cm³/mol. The number of hydrogen-bond donors (Lipinski definition) is 1. The first-order chi connectivity index (χ1) is 8.13. The van der Waals surface area contributed by atoms with E-state index in [0.29, 0.717) is 11.5 Å². The van der Waals surface area contributed by atoms with Crippen LogP contribution in [0.1, 0.15) is 33.6 Å². The van der Waals surface area contributed by atoms with Gasteiger partial charge < -0.3 is 10.1 Å². The van der Waals surface area contributed by atoms with E-state index in [2.05, 4.69) is 31.0 Å². The zero-order valence-corrected chi connectivity index (χ0v) is 11.7. The van der Waals surface area contributed by atoms with E-state index in [-0.39, 0.29) is 0 Å². The number of piperazine rings is 1. The van der Waals surface area contributed by atoms with Gasteiger partial charge in [0, 0.05) is 38.3 Å². The van der Waals surface area contributed by atoms with E-state index in [9.17, 15) is 0 Å². The first-order valence-electron chi connectivity index (χ1n) is 7.16. The summed E-state index contributed by atoms with van der Waals surface area (Å²) >= 11 is 0. The summed E-state index contributed by atoms with van der Waals surface area (Å²) in [5, 5.41) is 3.55. The summed E-state index contributed by atoms with van der Waals surface area (Å²) in [6.45, 7) is 13.2. The van der Waals surface area contributed by atoms with Crippen molar-refractivity contribution in [2.24, 2.45) is 11.8 Å². The highest BCUT2D eigenvalue weighted by molar-refractivity contribution is 5.02. The third-order valence-electron chi connectivity index (χ3n) is 4.18. The Morgan fingerprint density at radius 2 is 2.18 bits per heavy atom. The zero-order valence-electron chi connectivity index (χ0n) is 11.7. The summed E-state index contributed by atoms with van der Waals surface area (Å²) in [7, 11) is 0. The first-order valence-corrected chi connectivity index (χ1v) is 7.16. The molecule has 2 fully saturated rings. The van der Waals surface area contributed by atoms with E-state index in [1.165, 1.54) is 19.4 Å². The van der Waals surface area contributed by atoms with Crippen LogP contribution in [0.2, 0.25) is 0 Å². The SMILES string of the molecule is CC(C)COCCN1CCNCC1(C)C1CC1. The van der Waals surface area contributed by atoms with Gasteiger partial charge >= 0.3 is 0 Å². The van der Waals surface area contributed by atoms with Gasteiger partial charge in [0.25, 0.3) is 0 Å². The molecular weight excluding hydrogens is 212 g/mol. The molecule has 1 saturated carbocycles. The van der Waals surface area contributed by atoms with Crippen molar-refractivity contribution in [3.8, 4) is 0 Å². The molecule has 1 aliphatic heterocycles. The minimum Gasteiger partial charge on any atom is -0.380 e. The van der Waals surface area contributed by atoms with Crippen LogP contribution in [-0.4, -0.2) is 49.8 Å². The molecule has 0 amide bonds. The van der Waals surface area contributed by atoms with E-state index in [0.717, 1.165) is 38.8 Å². The second-order valence-corrected chi connectivity index (χ2v) is 6.26. The fraction of sp³-hybridized carbons (Fsp3) is 1.00. The number of nitrogens with zero attached hydrogens (tertiary/aromatic N) is 1. The molecule has 0 aromatic rings. The molecule has 17 heavy (non-hydrogen) atoms. The van der Waals surface area contributed by atoms with E-state index in [1.807, 2.05) is 0 Å². The lowest BCUT2D eigenvalue weighted by molar-refractivity contribution is 0.0166. The van der Waals surface area contributed by atoms with Gasteiger partial charge in [-0.25, -0.2) is 0 Å². The van der Waals surface area contributed by atoms with Crippen LogP contribution in [0.5, 0.6) is 0 Å². The Balaban J connectivity index is 1.76. The maximum Gasteiger partial charge on any atom is 0.0593 e. The minimum atomic E-state index is 0.388. The van der Waals surface area contributed by atoms with Crippen molar-refractivity contribution in [2.75, 3.05) is 39.4 Å². The Kier molecular flexibility index (Phi) is 4.45. The summed E-state index contributed by atoms with van der Waals surface area (Å²) in [5.41, 5.74) is 0.388. The van der Waals surface area contributed by atoms with Crippen molar-refractivity contribution in [3.63, 3.8) is 0 Å². The lowest BCUT2D eigenvalue weighted by Gasteiger charge is -2.46. The topological polar surface area (TPSA) is 24.5 Å². The van der Waals surface area contributed by atoms with E-state index in [4.69, 9.17) is 4.74 Å². The molecule has 0 radical (unpaired) electrons. The average Bonchev–Trinajstić information content (AvgIpc) is 3.10. The second kappa shape index (κ2) is 5.68. The van der Waals surface area contributed by atoms with Gasteiger partial charge in [0.1, 0.15) is 0 Å². The smallest absolute Gasteiger partial charge is 0.0593 e. The maximum absolute atomic E-state index is 5.73. The highest BCUT2D eigenvalue weighted by Gasteiger charge is 2.46. The van der Waals surface area contributed by atoms with Crippen LogP contribution in [0.4, 0.5) is 0 Å². The highest BCUT2D eigenvalue weighted by Crippen LogP contribution is 2.43. The summed E-state index contributed by atoms with van der Waals surface area (Å²) < 4.78 is 5.73. The summed E-state index contributed by atoms with van der Waals surface area (Å²) in [4.78, 5) is 2.65. The Morgan fingerprint density at radius 3 is 2.82 bits per heavy atom. The van der Waals surface area contributed by atoms with Crippen LogP contribution < -0.4 is 5.32 Å². The van der Waals surface area contributed by atoms with Gasteiger partial charge in [0.05, 0.1) is 6.61 Å². The van der Waals surface area contributed by atoms with Crippen LogP contribution in [0.15, 0.2) is 0 Å².